The van der Waals surface area contributed by atoms with Gasteiger partial charge in [0.05, 0.1) is 6.04 Å². The molecule has 1 saturated heterocycles. The van der Waals surface area contributed by atoms with Crippen LogP contribution in [0.25, 0.3) is 6.08 Å². The van der Waals surface area contributed by atoms with Crippen molar-refractivity contribution in [2.75, 3.05) is 20.6 Å². The molecule has 4 amide bonds. The molecule has 10 nitrogen and oxygen atoms in total. The Morgan fingerprint density at radius 2 is 1.71 bits per heavy atom. The van der Waals surface area contributed by atoms with Gasteiger partial charge in [0.2, 0.25) is 23.6 Å². The molecule has 0 spiro atoms. The van der Waals surface area contributed by atoms with Gasteiger partial charge in [0.1, 0.15) is 30.0 Å². The molecule has 0 radical (unpaired) electrons. The maximum atomic E-state index is 14.3. The highest BCUT2D eigenvalue weighted by atomic mass is 16.5. The summed E-state index contributed by atoms with van der Waals surface area (Å²) in [5, 5.41) is 8.74. The Hall–Kier alpha value is -4.18. The number of ether oxygens (including phenoxy) is 1. The first kappa shape index (κ1) is 33.7. The van der Waals surface area contributed by atoms with Gasteiger partial charge in [0.15, 0.2) is 0 Å². The number of hydrogen-bond acceptors (Lipinski definition) is 6. The summed E-state index contributed by atoms with van der Waals surface area (Å²) in [7, 11) is 3.71. The highest BCUT2D eigenvalue weighted by Crippen LogP contribution is 2.27. The number of hydrogen-bond donors (Lipinski definition) is 3. The molecule has 3 aliphatic heterocycles. The average molecular weight is 618 g/mol. The van der Waals surface area contributed by atoms with Crippen LogP contribution in [-0.4, -0.2) is 84.3 Å². The lowest BCUT2D eigenvalue weighted by Crippen LogP contribution is -2.61. The van der Waals surface area contributed by atoms with E-state index in [4.69, 9.17) is 4.74 Å². The number of benzene rings is 2. The van der Waals surface area contributed by atoms with E-state index in [-0.39, 0.29) is 42.5 Å². The molecule has 3 heterocycles. The van der Waals surface area contributed by atoms with Crippen LogP contribution in [0, 0.1) is 11.8 Å². The molecule has 242 valence electrons. The van der Waals surface area contributed by atoms with Crippen LogP contribution in [0.2, 0.25) is 0 Å². The van der Waals surface area contributed by atoms with Crippen LogP contribution in [0.3, 0.4) is 0 Å². The highest BCUT2D eigenvalue weighted by molar-refractivity contribution is 5.96. The van der Waals surface area contributed by atoms with Crippen molar-refractivity contribution in [2.45, 2.75) is 77.2 Å². The minimum atomic E-state index is -1.01. The Bertz CT molecular complexity index is 1360. The van der Waals surface area contributed by atoms with Crippen LogP contribution in [0.1, 0.15) is 51.7 Å². The van der Waals surface area contributed by atoms with Crippen molar-refractivity contribution < 1.29 is 23.9 Å². The molecule has 6 atom stereocenters. The van der Waals surface area contributed by atoms with Gasteiger partial charge in [-0.25, -0.2) is 0 Å². The molecular weight excluding hydrogens is 570 g/mol. The molecule has 3 N–H and O–H groups in total. The molecule has 2 aromatic rings. The molecule has 5 rings (SSSR count). The van der Waals surface area contributed by atoms with Gasteiger partial charge in [0.25, 0.3) is 0 Å². The summed E-state index contributed by atoms with van der Waals surface area (Å²) in [6, 6.07) is 13.6. The zero-order valence-electron chi connectivity index (χ0n) is 27.2. The smallest absolute Gasteiger partial charge is 0.247 e. The molecule has 2 bridgehead atoms. The summed E-state index contributed by atoms with van der Waals surface area (Å²) in [4.78, 5) is 58.7. The minimum absolute atomic E-state index is 0.0757. The SMILES string of the molecule is CC[C@H](C)[C@@H](C(=O)N[C@H](C(=O)N1CC[C@@H]2Oc3ccc(cc3)/C=C\NC(=O)[C@@H](Cc3ccccc3)NC(=O)[C@H]21)C(C)C)N(C)C. The second-order valence-electron chi connectivity index (χ2n) is 12.6. The number of nitrogens with one attached hydrogen (secondary N) is 3. The predicted octanol–water partition coefficient (Wildman–Crippen LogP) is 2.98. The van der Waals surface area contributed by atoms with E-state index in [1.54, 1.807) is 24.4 Å². The van der Waals surface area contributed by atoms with Crippen LogP contribution in [0.15, 0.2) is 60.8 Å². The van der Waals surface area contributed by atoms with Crippen molar-refractivity contribution in [2.24, 2.45) is 11.8 Å². The standard InChI is InChI=1S/C35H47N5O5/c1-7-23(4)30(39(5)6)33(42)38-29(22(2)3)35(44)40-20-18-28-31(40)34(43)37-27(21-25-11-9-8-10-12-25)32(41)36-19-17-24-13-15-26(45-28)16-14-24/h8-17,19,22-23,27-31H,7,18,20-21H2,1-6H3,(H,36,41)(H,37,43)(H,38,42)/b19-17-/t23-,27+,28-,29-,30-,31-/m0/s1. The van der Waals surface area contributed by atoms with Crippen molar-refractivity contribution in [1.29, 1.82) is 0 Å². The number of likely N-dealkylation sites (N-methyl/N-ethyl adjacent to an activating group) is 1. The summed E-state index contributed by atoms with van der Waals surface area (Å²) < 4.78 is 6.33. The zero-order chi connectivity index (χ0) is 32.7. The van der Waals surface area contributed by atoms with Gasteiger partial charge >= 0.3 is 0 Å². The summed E-state index contributed by atoms with van der Waals surface area (Å²) >= 11 is 0. The quantitative estimate of drug-likeness (QED) is 0.398. The lowest BCUT2D eigenvalue weighted by molar-refractivity contribution is -0.145. The number of fused-ring (bicyclic) bond motifs is 7. The Morgan fingerprint density at radius 1 is 1.02 bits per heavy atom. The van der Waals surface area contributed by atoms with Crippen LogP contribution in [-0.2, 0) is 25.6 Å². The monoisotopic (exact) mass is 617 g/mol. The lowest BCUT2D eigenvalue weighted by atomic mass is 9.95. The number of nitrogens with zero attached hydrogens (tertiary/aromatic N) is 2. The van der Waals surface area contributed by atoms with E-state index in [0.29, 0.717) is 12.2 Å². The normalized spacial score (nSPS) is 22.8. The second kappa shape index (κ2) is 15.2. The summed E-state index contributed by atoms with van der Waals surface area (Å²) in [5.74, 6) is -1.03. The fourth-order valence-corrected chi connectivity index (χ4v) is 6.07. The third-order valence-electron chi connectivity index (χ3n) is 8.72. The van der Waals surface area contributed by atoms with Crippen LogP contribution < -0.4 is 20.7 Å². The average Bonchev–Trinajstić information content (AvgIpc) is 3.43. The first-order valence-corrected chi connectivity index (χ1v) is 15.8. The maximum absolute atomic E-state index is 14.3. The third-order valence-corrected chi connectivity index (χ3v) is 8.72. The fourth-order valence-electron chi connectivity index (χ4n) is 6.07. The van der Waals surface area contributed by atoms with Gasteiger partial charge < -0.3 is 25.6 Å². The van der Waals surface area contributed by atoms with E-state index in [9.17, 15) is 19.2 Å². The van der Waals surface area contributed by atoms with E-state index in [1.807, 2.05) is 89.2 Å². The molecule has 2 aromatic carbocycles. The van der Waals surface area contributed by atoms with Crippen LogP contribution >= 0.6 is 0 Å². The molecule has 10 heteroatoms. The van der Waals surface area contributed by atoms with Crippen molar-refractivity contribution in [3.63, 3.8) is 0 Å². The molecule has 0 saturated carbocycles. The molecule has 0 aromatic heterocycles. The Balaban J connectivity index is 1.66. The molecule has 45 heavy (non-hydrogen) atoms. The maximum Gasteiger partial charge on any atom is 0.247 e. The third kappa shape index (κ3) is 8.30. The highest BCUT2D eigenvalue weighted by Gasteiger charge is 2.47. The first-order chi connectivity index (χ1) is 21.5. The van der Waals surface area contributed by atoms with Crippen molar-refractivity contribution in [3.8, 4) is 5.75 Å². The molecule has 1 fully saturated rings. The van der Waals surface area contributed by atoms with E-state index >= 15 is 0 Å². The summed E-state index contributed by atoms with van der Waals surface area (Å²) in [6.45, 7) is 8.07. The van der Waals surface area contributed by atoms with E-state index in [2.05, 4.69) is 16.0 Å². The summed E-state index contributed by atoms with van der Waals surface area (Å²) in [5.41, 5.74) is 1.75. The number of carbonyl (C=O) groups is 4. The fraction of sp³-hybridized carbons (Fsp3) is 0.486. The number of carbonyl (C=O) groups excluding carboxylic acids is 4. The Kier molecular flexibility index (Phi) is 11.4. The largest absolute Gasteiger partial charge is 0.488 e. The minimum Gasteiger partial charge on any atom is -0.488 e. The Morgan fingerprint density at radius 3 is 2.33 bits per heavy atom. The van der Waals surface area contributed by atoms with Gasteiger partial charge in [0, 0.05) is 25.6 Å². The second-order valence-corrected chi connectivity index (χ2v) is 12.6. The van der Waals surface area contributed by atoms with Crippen molar-refractivity contribution in [1.82, 2.24) is 25.8 Å². The number of rotatable bonds is 9. The van der Waals surface area contributed by atoms with Gasteiger partial charge in [-0.2, -0.15) is 0 Å². The Labute approximate surface area is 266 Å². The van der Waals surface area contributed by atoms with E-state index in [1.165, 1.54) is 4.90 Å². The summed E-state index contributed by atoms with van der Waals surface area (Å²) in [6.07, 6.45) is 4.15. The molecule has 3 aliphatic rings. The molecule has 0 unspecified atom stereocenters. The zero-order valence-corrected chi connectivity index (χ0v) is 27.2. The van der Waals surface area contributed by atoms with Gasteiger partial charge in [-0.1, -0.05) is 76.6 Å². The van der Waals surface area contributed by atoms with Crippen molar-refractivity contribution in [3.05, 3.63) is 71.9 Å². The first-order valence-electron chi connectivity index (χ1n) is 15.8. The van der Waals surface area contributed by atoms with Gasteiger partial charge in [-0.3, -0.25) is 24.1 Å². The number of amides is 4. The molecular formula is C35H47N5O5. The number of likely N-dealkylation sites (tertiary alicyclic amines) is 1. The van der Waals surface area contributed by atoms with Crippen LogP contribution in [0.5, 0.6) is 5.75 Å². The van der Waals surface area contributed by atoms with Crippen LogP contribution in [0.4, 0.5) is 0 Å². The molecule has 0 aliphatic carbocycles. The van der Waals surface area contributed by atoms with Gasteiger partial charge in [-0.05, 0) is 55.3 Å². The van der Waals surface area contributed by atoms with E-state index in [0.717, 1.165) is 17.5 Å². The van der Waals surface area contributed by atoms with Crippen molar-refractivity contribution >= 4 is 29.7 Å². The topological polar surface area (TPSA) is 120 Å². The predicted molar refractivity (Wildman–Crippen MR) is 174 cm³/mol. The lowest BCUT2D eigenvalue weighted by Gasteiger charge is -2.35. The van der Waals surface area contributed by atoms with E-state index < -0.39 is 36.2 Å². The van der Waals surface area contributed by atoms with Gasteiger partial charge in [-0.15, -0.1) is 0 Å².